The summed E-state index contributed by atoms with van der Waals surface area (Å²) < 4.78 is 14.2. The fraction of sp³-hybridized carbons (Fsp3) is 0.182. The average Bonchev–Trinajstić information content (AvgIpc) is 2.69. The second-order valence-corrected chi connectivity index (χ2v) is 10.5. The molecular weight excluding hydrogens is 359 g/mol. The highest BCUT2D eigenvalue weighted by molar-refractivity contribution is 8.00. The second-order valence-electron chi connectivity index (χ2n) is 6.30. The van der Waals surface area contributed by atoms with Crippen molar-refractivity contribution in [1.29, 1.82) is 0 Å². The molecule has 0 aliphatic heterocycles. The largest absolute Gasteiger partial charge is 0.392 e. The Morgan fingerprint density at radius 2 is 1.23 bits per heavy atom. The van der Waals surface area contributed by atoms with Gasteiger partial charge in [-0.2, -0.15) is 0 Å². The molecule has 0 radical (unpaired) electrons. The van der Waals surface area contributed by atoms with E-state index in [2.05, 4.69) is 0 Å². The lowest BCUT2D eigenvalue weighted by Crippen LogP contribution is -2.29. The minimum Gasteiger partial charge on any atom is -0.392 e. The van der Waals surface area contributed by atoms with E-state index in [1.54, 1.807) is 18.7 Å². The number of thioether (sulfide) groups is 1. The molecule has 1 N–H and O–H groups in total. The van der Waals surface area contributed by atoms with Crippen LogP contribution in [0.1, 0.15) is 6.92 Å². The van der Waals surface area contributed by atoms with Gasteiger partial charge < -0.3 is 9.67 Å². The molecule has 3 rings (SSSR count). The number of benzene rings is 3. The number of aliphatic hydroxyl groups is 1. The molecule has 2 nitrogen and oxygen atoms in total. The molecule has 3 aromatic rings. The van der Waals surface area contributed by atoms with Crippen LogP contribution >= 0.6 is 18.9 Å². The van der Waals surface area contributed by atoms with Crippen molar-refractivity contribution in [3.63, 3.8) is 0 Å². The van der Waals surface area contributed by atoms with E-state index in [0.29, 0.717) is 6.16 Å². The molecule has 2 atom stereocenters. The number of rotatable bonds is 7. The first kappa shape index (κ1) is 19.0. The van der Waals surface area contributed by atoms with Gasteiger partial charge in [0.1, 0.15) is 7.14 Å². The van der Waals surface area contributed by atoms with Crippen LogP contribution in [0.2, 0.25) is 0 Å². The summed E-state index contributed by atoms with van der Waals surface area (Å²) >= 11 is 1.59. The maximum atomic E-state index is 14.2. The van der Waals surface area contributed by atoms with Crippen LogP contribution in [0, 0.1) is 0 Å². The topological polar surface area (TPSA) is 37.3 Å². The van der Waals surface area contributed by atoms with Gasteiger partial charge >= 0.3 is 0 Å². The minimum absolute atomic E-state index is 0.163. The maximum Gasteiger partial charge on any atom is 0.144 e. The predicted octanol–water partition coefficient (Wildman–Crippen LogP) is 4.54. The van der Waals surface area contributed by atoms with Crippen LogP contribution in [0.5, 0.6) is 0 Å². The van der Waals surface area contributed by atoms with Crippen LogP contribution in [0.4, 0.5) is 0 Å². The van der Waals surface area contributed by atoms with Crippen LogP contribution in [0.25, 0.3) is 0 Å². The summed E-state index contributed by atoms with van der Waals surface area (Å²) in [4.78, 5) is 1.08. The molecule has 0 amide bonds. The summed E-state index contributed by atoms with van der Waals surface area (Å²) in [5, 5.41) is 11.9. The van der Waals surface area contributed by atoms with Gasteiger partial charge in [-0.3, -0.25) is 0 Å². The summed E-state index contributed by atoms with van der Waals surface area (Å²) in [7, 11) is -2.85. The first-order valence-electron chi connectivity index (χ1n) is 8.70. The Morgan fingerprint density at radius 3 is 1.65 bits per heavy atom. The lowest BCUT2D eigenvalue weighted by Gasteiger charge is -2.26. The van der Waals surface area contributed by atoms with E-state index >= 15 is 0 Å². The Morgan fingerprint density at radius 1 is 0.808 bits per heavy atom. The molecule has 0 unspecified atom stereocenters. The Balaban J connectivity index is 1.97. The van der Waals surface area contributed by atoms with Crippen molar-refractivity contribution in [3.8, 4) is 0 Å². The van der Waals surface area contributed by atoms with Crippen molar-refractivity contribution in [2.75, 3.05) is 6.16 Å². The molecule has 134 valence electrons. The molecule has 0 heterocycles. The minimum atomic E-state index is -2.85. The quantitative estimate of drug-likeness (QED) is 0.481. The van der Waals surface area contributed by atoms with E-state index in [1.165, 1.54) is 0 Å². The molecule has 0 bridgehead atoms. The van der Waals surface area contributed by atoms with E-state index < -0.39 is 13.2 Å². The van der Waals surface area contributed by atoms with Crippen molar-refractivity contribution in [3.05, 3.63) is 91.0 Å². The van der Waals surface area contributed by atoms with Crippen molar-refractivity contribution in [2.24, 2.45) is 0 Å². The maximum absolute atomic E-state index is 14.2. The predicted molar refractivity (Wildman–Crippen MR) is 112 cm³/mol. The Hall–Kier alpha value is -1.80. The van der Waals surface area contributed by atoms with E-state index in [9.17, 15) is 9.67 Å². The van der Waals surface area contributed by atoms with E-state index in [4.69, 9.17) is 0 Å². The Labute approximate surface area is 159 Å². The zero-order chi connectivity index (χ0) is 18.4. The lowest BCUT2D eigenvalue weighted by atomic mass is 10.3. The summed E-state index contributed by atoms with van der Waals surface area (Å²) in [6, 6.07) is 29.3. The zero-order valence-corrected chi connectivity index (χ0v) is 16.4. The average molecular weight is 382 g/mol. The monoisotopic (exact) mass is 382 g/mol. The van der Waals surface area contributed by atoms with Gasteiger partial charge in [0, 0.05) is 26.9 Å². The first-order valence-corrected chi connectivity index (χ1v) is 11.5. The third-order valence-corrected chi connectivity index (χ3v) is 9.18. The highest BCUT2D eigenvalue weighted by Gasteiger charge is 2.33. The third kappa shape index (κ3) is 4.48. The van der Waals surface area contributed by atoms with E-state index in [0.717, 1.165) is 15.5 Å². The molecule has 3 aromatic carbocycles. The summed E-state index contributed by atoms with van der Waals surface area (Å²) in [5.41, 5.74) is 0. The Kier molecular flexibility index (Phi) is 6.37. The fourth-order valence-electron chi connectivity index (χ4n) is 2.91. The molecule has 4 heteroatoms. The van der Waals surface area contributed by atoms with Crippen molar-refractivity contribution in [1.82, 2.24) is 0 Å². The molecule has 0 aromatic heterocycles. The molecule has 0 fully saturated rings. The third-order valence-electron chi connectivity index (χ3n) is 4.35. The van der Waals surface area contributed by atoms with Crippen LogP contribution in [0.3, 0.4) is 0 Å². The molecular formula is C22H23O2PS. The van der Waals surface area contributed by atoms with Gasteiger partial charge in [-0.25, -0.2) is 0 Å². The van der Waals surface area contributed by atoms with E-state index in [1.807, 2.05) is 91.0 Å². The van der Waals surface area contributed by atoms with Gasteiger partial charge in [0.25, 0.3) is 0 Å². The summed E-state index contributed by atoms with van der Waals surface area (Å²) in [6.45, 7) is 1.78. The molecule has 0 spiro atoms. The van der Waals surface area contributed by atoms with Gasteiger partial charge in [0.05, 0.1) is 6.10 Å². The van der Waals surface area contributed by atoms with Crippen LogP contribution in [0.15, 0.2) is 95.9 Å². The summed E-state index contributed by atoms with van der Waals surface area (Å²) in [5.74, 6) is 0. The first-order chi connectivity index (χ1) is 12.6. The van der Waals surface area contributed by atoms with Crippen molar-refractivity contribution >= 4 is 29.5 Å². The standard InChI is InChI=1S/C22H23O2PS/c1-18(23)22(26-21-15-9-4-10-16-21)17-25(24,19-11-5-2-6-12-19)20-13-7-3-8-14-20/h2-16,18,22-23H,17H2,1H3/t18-,22+/m0/s1. The molecule has 26 heavy (non-hydrogen) atoms. The van der Waals surface area contributed by atoms with Gasteiger partial charge in [0.2, 0.25) is 0 Å². The lowest BCUT2D eigenvalue weighted by molar-refractivity contribution is 0.197. The molecule has 0 aliphatic rings. The number of hydrogen-bond acceptors (Lipinski definition) is 3. The number of aliphatic hydroxyl groups excluding tert-OH is 1. The smallest absolute Gasteiger partial charge is 0.144 e. The Bertz CT molecular complexity index is 808. The van der Waals surface area contributed by atoms with E-state index in [-0.39, 0.29) is 5.25 Å². The normalized spacial score (nSPS) is 13.9. The SMILES string of the molecule is C[C@H](O)[C@@H](CP(=O)(c1ccccc1)c1ccccc1)Sc1ccccc1. The van der Waals surface area contributed by atoms with Gasteiger partial charge in [-0.1, -0.05) is 78.9 Å². The highest BCUT2D eigenvalue weighted by atomic mass is 32.2. The zero-order valence-electron chi connectivity index (χ0n) is 14.7. The molecule has 0 saturated heterocycles. The summed E-state index contributed by atoms with van der Waals surface area (Å²) in [6.07, 6.45) is -0.154. The molecule has 0 saturated carbocycles. The van der Waals surface area contributed by atoms with Gasteiger partial charge in [-0.15, -0.1) is 11.8 Å². The van der Waals surface area contributed by atoms with Crippen LogP contribution < -0.4 is 10.6 Å². The number of hydrogen-bond donors (Lipinski definition) is 1. The van der Waals surface area contributed by atoms with Crippen LogP contribution in [-0.4, -0.2) is 22.6 Å². The second kappa shape index (κ2) is 8.73. The fourth-order valence-corrected chi connectivity index (χ4v) is 7.54. The molecule has 0 aliphatic carbocycles. The highest BCUT2D eigenvalue weighted by Crippen LogP contribution is 2.47. The van der Waals surface area contributed by atoms with Crippen molar-refractivity contribution < 1.29 is 9.67 Å². The van der Waals surface area contributed by atoms with Crippen LogP contribution in [-0.2, 0) is 4.57 Å². The van der Waals surface area contributed by atoms with Gasteiger partial charge in [0.15, 0.2) is 0 Å². The van der Waals surface area contributed by atoms with Gasteiger partial charge in [-0.05, 0) is 19.1 Å². The van der Waals surface area contributed by atoms with Crippen molar-refractivity contribution in [2.45, 2.75) is 23.2 Å².